The van der Waals surface area contributed by atoms with Crippen molar-refractivity contribution in [3.05, 3.63) is 0 Å². The van der Waals surface area contributed by atoms with E-state index in [4.69, 9.17) is 5.11 Å². The number of aliphatic carboxylic acids is 1. The highest BCUT2D eigenvalue weighted by Gasteiger charge is 2.41. The summed E-state index contributed by atoms with van der Waals surface area (Å²) >= 11 is 0. The summed E-state index contributed by atoms with van der Waals surface area (Å²) in [4.78, 5) is 24.3. The molecule has 98 valence electrons. The molecule has 3 N–H and O–H groups in total. The maximum atomic E-state index is 11.9. The Kier molecular flexibility index (Phi) is 4.47. The topological polar surface area (TPSA) is 81.7 Å². The average Bonchev–Trinajstić information content (AvgIpc) is 2.23. The molecule has 1 saturated heterocycles. The summed E-state index contributed by atoms with van der Waals surface area (Å²) in [5.74, 6) is -0.855. The van der Waals surface area contributed by atoms with Gasteiger partial charge in [-0.15, -0.1) is 0 Å². The highest BCUT2D eigenvalue weighted by atomic mass is 16.4. The first-order valence-corrected chi connectivity index (χ1v) is 5.85. The third-order valence-electron chi connectivity index (χ3n) is 3.16. The van der Waals surface area contributed by atoms with Crippen LogP contribution in [0.5, 0.6) is 0 Å². The van der Waals surface area contributed by atoms with E-state index in [0.29, 0.717) is 19.6 Å². The van der Waals surface area contributed by atoms with Gasteiger partial charge in [-0.2, -0.15) is 0 Å². The standard InChI is InChI=1S/C11H21N3O3/c1-4-14(3)10(17)8(2)13-11(5-9(15)16)6-12-7-11/h8,12-13H,4-7H2,1-3H3,(H,15,16). The lowest BCUT2D eigenvalue weighted by atomic mass is 9.87. The maximum absolute atomic E-state index is 11.9. The molecule has 6 heteroatoms. The van der Waals surface area contributed by atoms with E-state index < -0.39 is 11.5 Å². The number of carboxylic acids is 1. The van der Waals surface area contributed by atoms with Crippen molar-refractivity contribution in [1.29, 1.82) is 0 Å². The van der Waals surface area contributed by atoms with Crippen LogP contribution in [0.15, 0.2) is 0 Å². The van der Waals surface area contributed by atoms with Crippen LogP contribution in [0.25, 0.3) is 0 Å². The summed E-state index contributed by atoms with van der Waals surface area (Å²) in [6.45, 7) is 5.51. The Labute approximate surface area is 101 Å². The quantitative estimate of drug-likeness (QED) is 0.572. The summed E-state index contributed by atoms with van der Waals surface area (Å²) in [5, 5.41) is 15.0. The van der Waals surface area contributed by atoms with Crippen LogP contribution in [-0.2, 0) is 9.59 Å². The van der Waals surface area contributed by atoms with Crippen LogP contribution >= 0.6 is 0 Å². The van der Waals surface area contributed by atoms with E-state index in [-0.39, 0.29) is 18.4 Å². The van der Waals surface area contributed by atoms with Gasteiger partial charge in [-0.1, -0.05) is 0 Å². The molecule has 0 aromatic carbocycles. The van der Waals surface area contributed by atoms with E-state index in [1.54, 1.807) is 18.9 Å². The zero-order valence-corrected chi connectivity index (χ0v) is 10.6. The van der Waals surface area contributed by atoms with E-state index >= 15 is 0 Å². The highest BCUT2D eigenvalue weighted by molar-refractivity contribution is 5.81. The fourth-order valence-corrected chi connectivity index (χ4v) is 2.00. The Hall–Kier alpha value is -1.14. The van der Waals surface area contributed by atoms with Crippen LogP contribution in [0.4, 0.5) is 0 Å². The van der Waals surface area contributed by atoms with Crippen molar-refractivity contribution >= 4 is 11.9 Å². The number of nitrogens with zero attached hydrogens (tertiary/aromatic N) is 1. The van der Waals surface area contributed by atoms with Gasteiger partial charge in [0.05, 0.1) is 18.0 Å². The normalized spacial score (nSPS) is 19.2. The lowest BCUT2D eigenvalue weighted by Gasteiger charge is -2.44. The van der Waals surface area contributed by atoms with Crippen LogP contribution < -0.4 is 10.6 Å². The molecule has 0 saturated carbocycles. The number of nitrogens with one attached hydrogen (secondary N) is 2. The van der Waals surface area contributed by atoms with Crippen molar-refractivity contribution in [3.63, 3.8) is 0 Å². The molecule has 1 amide bonds. The molecule has 6 nitrogen and oxygen atoms in total. The van der Waals surface area contributed by atoms with Crippen LogP contribution in [0, 0.1) is 0 Å². The fraction of sp³-hybridized carbons (Fsp3) is 0.818. The monoisotopic (exact) mass is 243 g/mol. The molecule has 0 aliphatic carbocycles. The van der Waals surface area contributed by atoms with Gasteiger partial charge in [0.1, 0.15) is 0 Å². The molecule has 0 bridgehead atoms. The second-order valence-electron chi connectivity index (χ2n) is 4.67. The third kappa shape index (κ3) is 3.41. The number of hydrogen-bond donors (Lipinski definition) is 3. The van der Waals surface area contributed by atoms with Crippen LogP contribution in [0.2, 0.25) is 0 Å². The SMILES string of the molecule is CCN(C)C(=O)C(C)NC1(CC(=O)O)CNC1. The molecule has 1 aliphatic heterocycles. The highest BCUT2D eigenvalue weighted by Crippen LogP contribution is 2.17. The summed E-state index contributed by atoms with van der Waals surface area (Å²) in [7, 11) is 1.74. The molecule has 1 rings (SSSR count). The zero-order chi connectivity index (χ0) is 13.1. The fourth-order valence-electron chi connectivity index (χ4n) is 2.00. The van der Waals surface area contributed by atoms with Crippen molar-refractivity contribution in [2.45, 2.75) is 31.8 Å². The minimum Gasteiger partial charge on any atom is -0.481 e. The second-order valence-corrected chi connectivity index (χ2v) is 4.67. The van der Waals surface area contributed by atoms with Gasteiger partial charge in [-0.05, 0) is 13.8 Å². The Morgan fingerprint density at radius 3 is 2.47 bits per heavy atom. The van der Waals surface area contributed by atoms with Crippen molar-refractivity contribution in [3.8, 4) is 0 Å². The van der Waals surface area contributed by atoms with Gasteiger partial charge >= 0.3 is 5.97 Å². The molecule has 1 atom stereocenters. The summed E-state index contributed by atoms with van der Waals surface area (Å²) in [5.41, 5.74) is -0.477. The molecule has 0 radical (unpaired) electrons. The molecule has 17 heavy (non-hydrogen) atoms. The van der Waals surface area contributed by atoms with Crippen molar-refractivity contribution in [1.82, 2.24) is 15.5 Å². The largest absolute Gasteiger partial charge is 0.481 e. The van der Waals surface area contributed by atoms with E-state index in [0.717, 1.165) is 0 Å². The number of amides is 1. The second kappa shape index (κ2) is 5.46. The van der Waals surface area contributed by atoms with E-state index in [1.165, 1.54) is 0 Å². The molecule has 0 aromatic rings. The number of likely N-dealkylation sites (N-methyl/N-ethyl adjacent to an activating group) is 1. The molecule has 1 unspecified atom stereocenters. The van der Waals surface area contributed by atoms with Gasteiger partial charge in [0.25, 0.3) is 0 Å². The summed E-state index contributed by atoms with van der Waals surface area (Å²) < 4.78 is 0. The number of carboxylic acid groups (broad SMARTS) is 1. The number of rotatable bonds is 6. The van der Waals surface area contributed by atoms with E-state index in [9.17, 15) is 9.59 Å². The van der Waals surface area contributed by atoms with E-state index in [1.807, 2.05) is 6.92 Å². The summed E-state index contributed by atoms with van der Waals surface area (Å²) in [6.07, 6.45) is 0.0352. The van der Waals surface area contributed by atoms with Gasteiger partial charge < -0.3 is 15.3 Å². The molecule has 0 aromatic heterocycles. The molecule has 1 heterocycles. The van der Waals surface area contributed by atoms with E-state index in [2.05, 4.69) is 10.6 Å². The molecule has 1 aliphatic rings. The van der Waals surface area contributed by atoms with Gasteiger partial charge in [-0.3, -0.25) is 14.9 Å². The number of hydrogen-bond acceptors (Lipinski definition) is 4. The van der Waals surface area contributed by atoms with Gasteiger partial charge in [0, 0.05) is 26.7 Å². The third-order valence-corrected chi connectivity index (χ3v) is 3.16. The molecule has 1 fully saturated rings. The van der Waals surface area contributed by atoms with Gasteiger partial charge in [-0.25, -0.2) is 0 Å². The molecular formula is C11H21N3O3. The van der Waals surface area contributed by atoms with Crippen LogP contribution in [0.3, 0.4) is 0 Å². The Morgan fingerprint density at radius 1 is 1.53 bits per heavy atom. The molecular weight excluding hydrogens is 222 g/mol. The van der Waals surface area contributed by atoms with Gasteiger partial charge in [0.2, 0.25) is 5.91 Å². The van der Waals surface area contributed by atoms with Crippen molar-refractivity contribution in [2.75, 3.05) is 26.7 Å². The van der Waals surface area contributed by atoms with Crippen LogP contribution in [-0.4, -0.2) is 60.1 Å². The predicted molar refractivity (Wildman–Crippen MR) is 63.8 cm³/mol. The first-order chi connectivity index (χ1) is 7.90. The molecule has 0 spiro atoms. The Morgan fingerprint density at radius 2 is 2.12 bits per heavy atom. The lowest BCUT2D eigenvalue weighted by molar-refractivity contribution is -0.140. The van der Waals surface area contributed by atoms with Crippen LogP contribution in [0.1, 0.15) is 20.3 Å². The minimum atomic E-state index is -0.845. The number of carbonyl (C=O) groups excluding carboxylic acids is 1. The zero-order valence-electron chi connectivity index (χ0n) is 10.6. The summed E-state index contributed by atoms with van der Waals surface area (Å²) in [6, 6.07) is -0.360. The van der Waals surface area contributed by atoms with Gasteiger partial charge in [0.15, 0.2) is 0 Å². The Bertz CT molecular complexity index is 302. The number of carbonyl (C=O) groups is 2. The smallest absolute Gasteiger partial charge is 0.305 e. The Balaban J connectivity index is 2.56. The van der Waals surface area contributed by atoms with Crippen molar-refractivity contribution in [2.24, 2.45) is 0 Å². The lowest BCUT2D eigenvalue weighted by Crippen LogP contribution is -2.71. The average molecular weight is 243 g/mol. The maximum Gasteiger partial charge on any atom is 0.305 e. The van der Waals surface area contributed by atoms with Crippen molar-refractivity contribution < 1.29 is 14.7 Å². The minimum absolute atomic E-state index is 0.0100. The predicted octanol–water partition coefficient (Wildman–Crippen LogP) is -0.740. The first-order valence-electron chi connectivity index (χ1n) is 5.85. The first kappa shape index (κ1) is 13.9.